The number of amides is 2. The van der Waals surface area contributed by atoms with Gasteiger partial charge in [0.15, 0.2) is 11.5 Å². The van der Waals surface area contributed by atoms with E-state index in [2.05, 4.69) is 29.2 Å². The molecule has 1 fully saturated rings. The van der Waals surface area contributed by atoms with Gasteiger partial charge in [0.05, 0.1) is 15.1 Å². The average molecular weight is 521 g/mol. The normalized spacial score (nSPS) is 15.1. The molecule has 7 heteroatoms. The first-order chi connectivity index (χ1) is 14.0. The van der Waals surface area contributed by atoms with Gasteiger partial charge in [0.2, 0.25) is 0 Å². The number of imide groups is 1. The van der Waals surface area contributed by atoms with Gasteiger partial charge in [-0.15, -0.1) is 6.58 Å². The molecule has 2 aromatic carbocycles. The van der Waals surface area contributed by atoms with Crippen LogP contribution >= 0.6 is 34.4 Å². The summed E-state index contributed by atoms with van der Waals surface area (Å²) in [7, 11) is 0. The standard InChI is InChI=1S/C22H20INO4S/c1-3-10-24-21(25)19(29-22(24)26)13-16-11-17(23)20(18(12-16)27-4-2)28-14-15-8-6-5-7-9-15/h3,5-9,11-13H,1,4,10,14H2,2H3/b19-13+. The summed E-state index contributed by atoms with van der Waals surface area (Å²) in [5, 5.41) is -0.288. The smallest absolute Gasteiger partial charge is 0.293 e. The van der Waals surface area contributed by atoms with Crippen molar-refractivity contribution < 1.29 is 19.1 Å². The summed E-state index contributed by atoms with van der Waals surface area (Å²) in [5.74, 6) is 0.956. The highest BCUT2D eigenvalue weighted by Crippen LogP contribution is 2.37. The fourth-order valence-electron chi connectivity index (χ4n) is 2.74. The van der Waals surface area contributed by atoms with Crippen LogP contribution in [0.5, 0.6) is 11.5 Å². The Bertz CT molecular complexity index is 959. The van der Waals surface area contributed by atoms with Gasteiger partial charge in [0.25, 0.3) is 11.1 Å². The maximum Gasteiger partial charge on any atom is 0.293 e. The molecule has 0 aliphatic carbocycles. The Morgan fingerprint density at radius 1 is 1.17 bits per heavy atom. The number of carbonyl (C=O) groups excluding carboxylic acids is 2. The van der Waals surface area contributed by atoms with Crippen LogP contribution in [-0.2, 0) is 11.4 Å². The molecule has 150 valence electrons. The quantitative estimate of drug-likeness (QED) is 0.261. The molecule has 0 saturated carbocycles. The summed E-state index contributed by atoms with van der Waals surface area (Å²) in [6.45, 7) is 6.61. The van der Waals surface area contributed by atoms with Crippen molar-refractivity contribution in [1.82, 2.24) is 4.90 Å². The molecule has 29 heavy (non-hydrogen) atoms. The molecule has 0 atom stereocenters. The van der Waals surface area contributed by atoms with E-state index in [0.717, 1.165) is 26.5 Å². The minimum Gasteiger partial charge on any atom is -0.490 e. The van der Waals surface area contributed by atoms with Crippen LogP contribution in [0.3, 0.4) is 0 Å². The second-order valence-electron chi connectivity index (χ2n) is 6.12. The molecular formula is C22H20INO4S. The van der Waals surface area contributed by atoms with E-state index in [1.807, 2.05) is 49.4 Å². The van der Waals surface area contributed by atoms with Gasteiger partial charge in [-0.1, -0.05) is 36.4 Å². The number of carbonyl (C=O) groups is 2. The van der Waals surface area contributed by atoms with Crippen molar-refractivity contribution in [3.63, 3.8) is 0 Å². The van der Waals surface area contributed by atoms with Crippen LogP contribution in [-0.4, -0.2) is 29.2 Å². The van der Waals surface area contributed by atoms with Crippen molar-refractivity contribution in [2.24, 2.45) is 0 Å². The number of nitrogens with zero attached hydrogens (tertiary/aromatic N) is 1. The maximum atomic E-state index is 12.4. The van der Waals surface area contributed by atoms with Gasteiger partial charge in [-0.3, -0.25) is 14.5 Å². The van der Waals surface area contributed by atoms with Crippen LogP contribution < -0.4 is 9.47 Å². The third-order valence-electron chi connectivity index (χ3n) is 4.04. The van der Waals surface area contributed by atoms with Gasteiger partial charge >= 0.3 is 0 Å². The molecule has 1 aliphatic rings. The lowest BCUT2D eigenvalue weighted by Gasteiger charge is -2.15. The van der Waals surface area contributed by atoms with Crippen LogP contribution in [0.15, 0.2) is 60.0 Å². The van der Waals surface area contributed by atoms with E-state index >= 15 is 0 Å². The second kappa shape index (κ2) is 9.98. The summed E-state index contributed by atoms with van der Waals surface area (Å²) in [5.41, 5.74) is 1.83. The Labute approximate surface area is 187 Å². The lowest BCUT2D eigenvalue weighted by atomic mass is 10.1. The molecule has 5 nitrogen and oxygen atoms in total. The van der Waals surface area contributed by atoms with E-state index in [1.54, 1.807) is 6.08 Å². The predicted molar refractivity (Wildman–Crippen MR) is 124 cm³/mol. The molecule has 0 bridgehead atoms. The number of hydrogen-bond donors (Lipinski definition) is 0. The zero-order valence-corrected chi connectivity index (χ0v) is 18.9. The number of benzene rings is 2. The van der Waals surface area contributed by atoms with Crippen LogP contribution in [0.1, 0.15) is 18.1 Å². The van der Waals surface area contributed by atoms with Crippen LogP contribution in [0.4, 0.5) is 4.79 Å². The van der Waals surface area contributed by atoms with Gasteiger partial charge in [0.1, 0.15) is 6.61 Å². The lowest BCUT2D eigenvalue weighted by molar-refractivity contribution is -0.122. The molecule has 0 radical (unpaired) electrons. The Balaban J connectivity index is 1.87. The first kappa shape index (κ1) is 21.4. The summed E-state index contributed by atoms with van der Waals surface area (Å²) < 4.78 is 12.7. The van der Waals surface area contributed by atoms with E-state index in [1.165, 1.54) is 11.0 Å². The Morgan fingerprint density at radius 2 is 1.93 bits per heavy atom. The Hall–Kier alpha value is -2.26. The molecule has 2 amide bonds. The van der Waals surface area contributed by atoms with Crippen molar-refractivity contribution in [3.8, 4) is 11.5 Å². The van der Waals surface area contributed by atoms with E-state index in [0.29, 0.717) is 29.6 Å². The first-order valence-electron chi connectivity index (χ1n) is 9.02. The molecule has 0 unspecified atom stereocenters. The minimum absolute atomic E-state index is 0.204. The van der Waals surface area contributed by atoms with Gasteiger partial charge in [-0.2, -0.15) is 0 Å². The zero-order chi connectivity index (χ0) is 20.8. The van der Waals surface area contributed by atoms with Gasteiger partial charge in [0, 0.05) is 6.54 Å². The number of hydrogen-bond acceptors (Lipinski definition) is 5. The van der Waals surface area contributed by atoms with Crippen molar-refractivity contribution in [2.45, 2.75) is 13.5 Å². The monoisotopic (exact) mass is 521 g/mol. The molecule has 3 rings (SSSR count). The maximum absolute atomic E-state index is 12.4. The number of thioether (sulfide) groups is 1. The van der Waals surface area contributed by atoms with Crippen molar-refractivity contribution in [2.75, 3.05) is 13.2 Å². The number of rotatable bonds is 8. The van der Waals surface area contributed by atoms with E-state index in [9.17, 15) is 9.59 Å². The van der Waals surface area contributed by atoms with Crippen LogP contribution in [0, 0.1) is 3.57 Å². The molecule has 1 saturated heterocycles. The van der Waals surface area contributed by atoms with Crippen LogP contribution in [0.25, 0.3) is 6.08 Å². The molecule has 0 N–H and O–H groups in total. The first-order valence-corrected chi connectivity index (χ1v) is 10.9. The summed E-state index contributed by atoms with van der Waals surface area (Å²) >= 11 is 3.12. The van der Waals surface area contributed by atoms with Gasteiger partial charge < -0.3 is 9.47 Å². The lowest BCUT2D eigenvalue weighted by Crippen LogP contribution is -2.27. The van der Waals surface area contributed by atoms with E-state index in [-0.39, 0.29) is 17.7 Å². The minimum atomic E-state index is -0.308. The third-order valence-corrected chi connectivity index (χ3v) is 5.75. The SMILES string of the molecule is C=CCN1C(=O)S/C(=C/c2cc(I)c(OCc3ccccc3)c(OCC)c2)C1=O. The largest absolute Gasteiger partial charge is 0.490 e. The highest BCUT2D eigenvalue weighted by atomic mass is 127. The Morgan fingerprint density at radius 3 is 2.62 bits per heavy atom. The Kier molecular flexibility index (Phi) is 7.38. The molecule has 0 spiro atoms. The van der Waals surface area contributed by atoms with Crippen molar-refractivity contribution in [1.29, 1.82) is 0 Å². The zero-order valence-electron chi connectivity index (χ0n) is 15.9. The van der Waals surface area contributed by atoms with E-state index < -0.39 is 0 Å². The highest BCUT2D eigenvalue weighted by molar-refractivity contribution is 14.1. The summed E-state index contributed by atoms with van der Waals surface area (Å²) in [6.07, 6.45) is 3.24. The van der Waals surface area contributed by atoms with Gasteiger partial charge in [-0.25, -0.2) is 0 Å². The van der Waals surface area contributed by atoms with E-state index in [4.69, 9.17) is 9.47 Å². The summed E-state index contributed by atoms with van der Waals surface area (Å²) in [6, 6.07) is 13.6. The van der Waals surface area contributed by atoms with Crippen molar-refractivity contribution >= 4 is 51.6 Å². The van der Waals surface area contributed by atoms with Crippen molar-refractivity contribution in [3.05, 3.63) is 74.7 Å². The molecule has 1 aliphatic heterocycles. The topological polar surface area (TPSA) is 55.8 Å². The highest BCUT2D eigenvalue weighted by Gasteiger charge is 2.34. The van der Waals surface area contributed by atoms with Crippen LogP contribution in [0.2, 0.25) is 0 Å². The number of ether oxygens (including phenoxy) is 2. The second-order valence-corrected chi connectivity index (χ2v) is 8.27. The average Bonchev–Trinajstić information content (AvgIpc) is 2.96. The number of halogens is 1. The molecular weight excluding hydrogens is 501 g/mol. The fourth-order valence-corrected chi connectivity index (χ4v) is 4.37. The summed E-state index contributed by atoms with van der Waals surface area (Å²) in [4.78, 5) is 26.0. The fraction of sp³-hybridized carbons (Fsp3) is 0.182. The third kappa shape index (κ3) is 5.22. The molecule has 2 aromatic rings. The molecule has 0 aromatic heterocycles. The molecule has 1 heterocycles. The predicted octanol–water partition coefficient (Wildman–Crippen LogP) is 5.49. The van der Waals surface area contributed by atoms with Gasteiger partial charge in [-0.05, 0) is 70.6 Å².